The average Bonchev–Trinajstić information content (AvgIpc) is 2.21. The second-order valence-corrected chi connectivity index (χ2v) is 3.79. The number of methoxy groups -OCH3 is 1. The number of hydrogen-bond acceptors (Lipinski definition) is 2. The second kappa shape index (κ2) is 5.56. The van der Waals surface area contributed by atoms with Crippen molar-refractivity contribution in [2.45, 2.75) is 6.92 Å². The summed E-state index contributed by atoms with van der Waals surface area (Å²) in [6.07, 6.45) is 1.59. The fraction of sp³-hybridized carbons (Fsp3) is 0.182. The summed E-state index contributed by atoms with van der Waals surface area (Å²) >= 11 is 3.35. The molecule has 4 heteroatoms. The number of hydrogen-bond donors (Lipinski definition) is 1. The molecular formula is C11H12BrNO2. The van der Waals surface area contributed by atoms with Gasteiger partial charge in [0.2, 0.25) is 0 Å². The Bertz CT molecular complexity index is 453. The van der Waals surface area contributed by atoms with Gasteiger partial charge in [-0.05, 0) is 41.1 Å². The minimum Gasteiger partial charge on any atom is -0.496 e. The van der Waals surface area contributed by atoms with Gasteiger partial charge in [0.05, 0.1) is 11.6 Å². The highest BCUT2D eigenvalue weighted by molar-refractivity contribution is 9.10. The Morgan fingerprint density at radius 3 is 2.80 bits per heavy atom. The van der Waals surface area contributed by atoms with Crippen LogP contribution in [0.25, 0.3) is 0 Å². The predicted octanol–water partition coefficient (Wildman–Crippen LogP) is 2.58. The number of nitrogens with one attached hydrogen (secondary N) is 1. The quantitative estimate of drug-likeness (QED) is 0.852. The van der Waals surface area contributed by atoms with E-state index >= 15 is 0 Å². The molecule has 1 aromatic heterocycles. The zero-order chi connectivity index (χ0) is 11.3. The molecule has 0 radical (unpaired) electrons. The third-order valence-electron chi connectivity index (χ3n) is 1.83. The number of rotatable bonds is 1. The molecule has 0 atom stereocenters. The lowest BCUT2D eigenvalue weighted by Gasteiger charge is -1.98. The molecule has 1 aromatic rings. The van der Waals surface area contributed by atoms with Gasteiger partial charge in [-0.1, -0.05) is 6.07 Å². The summed E-state index contributed by atoms with van der Waals surface area (Å²) in [4.78, 5) is 14.1. The molecule has 0 saturated heterocycles. The van der Waals surface area contributed by atoms with Crippen LogP contribution in [0.15, 0.2) is 39.7 Å². The van der Waals surface area contributed by atoms with Crippen molar-refractivity contribution in [1.82, 2.24) is 4.98 Å². The number of H-pyrrole nitrogens is 1. The normalized spacial score (nSPS) is 9.27. The minimum absolute atomic E-state index is 0.131. The Balaban J connectivity index is 3.55. The molecule has 0 spiro atoms. The van der Waals surface area contributed by atoms with Gasteiger partial charge >= 0.3 is 0 Å². The van der Waals surface area contributed by atoms with E-state index in [2.05, 4.69) is 20.9 Å². The molecule has 3 nitrogen and oxygen atoms in total. The summed E-state index contributed by atoms with van der Waals surface area (Å²) < 4.78 is 5.89. The van der Waals surface area contributed by atoms with E-state index in [1.165, 1.54) is 0 Å². The van der Waals surface area contributed by atoms with Crippen LogP contribution < -0.4 is 10.3 Å². The molecule has 0 unspecified atom stereocenters. The molecule has 15 heavy (non-hydrogen) atoms. The van der Waals surface area contributed by atoms with Crippen molar-refractivity contribution in [2.75, 3.05) is 7.11 Å². The van der Waals surface area contributed by atoms with E-state index in [1.807, 2.05) is 6.07 Å². The van der Waals surface area contributed by atoms with E-state index in [0.717, 1.165) is 4.47 Å². The first-order chi connectivity index (χ1) is 7.15. The van der Waals surface area contributed by atoms with Gasteiger partial charge in [-0.15, -0.1) is 0 Å². The average molecular weight is 270 g/mol. The molecule has 0 aromatic carbocycles. The number of aromatic amines is 1. The third-order valence-corrected chi connectivity index (χ3v) is 2.45. The zero-order valence-electron chi connectivity index (χ0n) is 8.58. The molecule has 0 bridgehead atoms. The van der Waals surface area contributed by atoms with Gasteiger partial charge in [0.25, 0.3) is 5.56 Å². The lowest BCUT2D eigenvalue weighted by molar-refractivity contribution is 0.412. The van der Waals surface area contributed by atoms with Crippen molar-refractivity contribution in [2.24, 2.45) is 0 Å². The molecule has 0 amide bonds. The number of halogens is 1. The molecule has 1 N–H and O–H groups in total. The summed E-state index contributed by atoms with van der Waals surface area (Å²) in [5.41, 5.74) is 0.477. The van der Waals surface area contributed by atoms with Crippen LogP contribution in [0.3, 0.4) is 0 Å². The maximum atomic E-state index is 11.4. The highest BCUT2D eigenvalue weighted by atomic mass is 79.9. The van der Waals surface area contributed by atoms with Crippen molar-refractivity contribution < 1.29 is 4.74 Å². The molecule has 1 heterocycles. The first-order valence-electron chi connectivity index (χ1n) is 4.41. The lowest BCUT2D eigenvalue weighted by atomic mass is 10.3. The van der Waals surface area contributed by atoms with Crippen molar-refractivity contribution >= 4 is 15.9 Å². The smallest absolute Gasteiger partial charge is 0.250 e. The molecule has 1 rings (SSSR count). The molecular weight excluding hydrogens is 258 g/mol. The Hall–Kier alpha value is -1.29. The number of aryl methyl sites for hydroxylation is 1. The topological polar surface area (TPSA) is 42.1 Å². The van der Waals surface area contributed by atoms with Gasteiger partial charge in [-0.25, -0.2) is 0 Å². The maximum absolute atomic E-state index is 11.4. The summed E-state index contributed by atoms with van der Waals surface area (Å²) in [6.45, 7) is 1.74. The van der Waals surface area contributed by atoms with E-state index in [0.29, 0.717) is 11.3 Å². The summed E-state index contributed by atoms with van der Waals surface area (Å²) in [7, 11) is 1.58. The van der Waals surface area contributed by atoms with E-state index in [-0.39, 0.29) is 5.56 Å². The number of ether oxygens (including phenoxy) is 1. The Kier molecular flexibility index (Phi) is 4.37. The van der Waals surface area contributed by atoms with Crippen LogP contribution in [0.5, 0.6) is 5.75 Å². The molecule has 0 saturated carbocycles. The summed E-state index contributed by atoms with van der Waals surface area (Å²) in [5.74, 6) is 0.675. The van der Waals surface area contributed by atoms with Crippen molar-refractivity contribution in [1.29, 1.82) is 0 Å². The SMILES string of the molecule is COc1cccc[nH]c(=O)c(C)cc1Br. The standard InChI is InChI=1S/C11H12BrNO2/c1-8-7-9(12)10(15-2)5-3-4-6-13-11(8)14/h3-7H,1-2H3,(H,13,14). The van der Waals surface area contributed by atoms with Crippen LogP contribution in [0.4, 0.5) is 0 Å². The molecule has 0 aliphatic rings. The van der Waals surface area contributed by atoms with Crippen LogP contribution >= 0.6 is 15.9 Å². The molecule has 0 aliphatic heterocycles. The van der Waals surface area contributed by atoms with E-state index in [4.69, 9.17) is 4.74 Å². The molecule has 0 fully saturated rings. The second-order valence-electron chi connectivity index (χ2n) is 2.94. The van der Waals surface area contributed by atoms with Crippen molar-refractivity contribution in [3.8, 4) is 5.75 Å². The van der Waals surface area contributed by atoms with Gasteiger partial charge in [0, 0.05) is 11.8 Å². The van der Waals surface area contributed by atoms with E-state index < -0.39 is 0 Å². The molecule has 0 aliphatic carbocycles. The van der Waals surface area contributed by atoms with Crippen molar-refractivity contribution in [3.63, 3.8) is 0 Å². The Morgan fingerprint density at radius 2 is 2.13 bits per heavy atom. The Morgan fingerprint density at radius 1 is 1.40 bits per heavy atom. The van der Waals surface area contributed by atoms with Crippen LogP contribution in [0, 0.1) is 6.92 Å². The zero-order valence-corrected chi connectivity index (χ0v) is 10.2. The van der Waals surface area contributed by atoms with Gasteiger partial charge < -0.3 is 9.72 Å². The highest BCUT2D eigenvalue weighted by Gasteiger charge is 1.95. The van der Waals surface area contributed by atoms with Gasteiger partial charge in [-0.2, -0.15) is 0 Å². The van der Waals surface area contributed by atoms with E-state index in [9.17, 15) is 4.79 Å². The third kappa shape index (κ3) is 3.40. The van der Waals surface area contributed by atoms with Crippen molar-refractivity contribution in [3.05, 3.63) is 50.9 Å². The monoisotopic (exact) mass is 269 g/mol. The fourth-order valence-electron chi connectivity index (χ4n) is 1.01. The van der Waals surface area contributed by atoms with E-state index in [1.54, 1.807) is 38.4 Å². The minimum atomic E-state index is -0.131. The van der Waals surface area contributed by atoms with Crippen LogP contribution in [0.2, 0.25) is 0 Å². The fourth-order valence-corrected chi connectivity index (χ4v) is 1.65. The molecule has 80 valence electrons. The first-order valence-corrected chi connectivity index (χ1v) is 5.20. The lowest BCUT2D eigenvalue weighted by Crippen LogP contribution is -2.04. The first kappa shape index (κ1) is 11.8. The maximum Gasteiger partial charge on any atom is 0.250 e. The van der Waals surface area contributed by atoms with Crippen LogP contribution in [-0.4, -0.2) is 12.1 Å². The van der Waals surface area contributed by atoms with Gasteiger partial charge in [0.15, 0.2) is 0 Å². The largest absolute Gasteiger partial charge is 0.496 e. The summed E-state index contributed by atoms with van der Waals surface area (Å²) in [5, 5.41) is 0. The van der Waals surface area contributed by atoms with Crippen LogP contribution in [0.1, 0.15) is 5.56 Å². The Labute approximate surface area is 96.6 Å². The predicted molar refractivity (Wildman–Crippen MR) is 63.7 cm³/mol. The van der Waals surface area contributed by atoms with Crippen LogP contribution in [-0.2, 0) is 0 Å². The number of aromatic nitrogens is 1. The summed E-state index contributed by atoms with van der Waals surface area (Å²) in [6, 6.07) is 7.05. The highest BCUT2D eigenvalue weighted by Crippen LogP contribution is 2.21. The van der Waals surface area contributed by atoms with Gasteiger partial charge in [-0.3, -0.25) is 4.79 Å². The van der Waals surface area contributed by atoms with Gasteiger partial charge in [0.1, 0.15) is 5.75 Å².